The number of nitrogens with one attached hydrogen (secondary N) is 2. The first-order valence-electron chi connectivity index (χ1n) is 10.6. The number of esters is 1. The van der Waals surface area contributed by atoms with Gasteiger partial charge >= 0.3 is 5.97 Å². The van der Waals surface area contributed by atoms with Crippen molar-refractivity contribution in [3.05, 3.63) is 29.3 Å². The van der Waals surface area contributed by atoms with Gasteiger partial charge in [0.2, 0.25) is 15.9 Å². The SMILES string of the molecule is COC(=O)CCCCNC(=O)[C@@H](CNS(=O)(=O)c1ccc(Cl)cc1)COC1CCCCO1. The normalized spacial score (nSPS) is 17.5. The molecule has 0 aromatic heterocycles. The molecule has 1 aromatic rings. The highest BCUT2D eigenvalue weighted by molar-refractivity contribution is 7.89. The van der Waals surface area contributed by atoms with E-state index in [1.807, 2.05) is 0 Å². The number of carbonyl (C=O) groups is 2. The van der Waals surface area contributed by atoms with E-state index in [-0.39, 0.29) is 36.3 Å². The van der Waals surface area contributed by atoms with Crippen LogP contribution in [0, 0.1) is 5.92 Å². The van der Waals surface area contributed by atoms with Crippen molar-refractivity contribution in [2.24, 2.45) is 5.92 Å². The van der Waals surface area contributed by atoms with Gasteiger partial charge < -0.3 is 19.5 Å². The summed E-state index contributed by atoms with van der Waals surface area (Å²) in [7, 11) is -2.49. The third-order valence-electron chi connectivity index (χ3n) is 4.97. The zero-order valence-corrected chi connectivity index (χ0v) is 19.8. The van der Waals surface area contributed by atoms with Gasteiger partial charge in [0.05, 0.1) is 24.5 Å². The summed E-state index contributed by atoms with van der Waals surface area (Å²) in [6, 6.07) is 5.76. The maximum atomic E-state index is 12.7. The number of rotatable bonds is 13. The van der Waals surface area contributed by atoms with E-state index in [1.165, 1.54) is 31.4 Å². The predicted octanol–water partition coefficient (Wildman–Crippen LogP) is 2.24. The summed E-state index contributed by atoms with van der Waals surface area (Å²) in [4.78, 5) is 23.9. The Morgan fingerprint density at radius 3 is 2.62 bits per heavy atom. The minimum absolute atomic E-state index is 0.0157. The first kappa shape index (κ1) is 26.5. The van der Waals surface area contributed by atoms with E-state index in [0.717, 1.165) is 19.3 Å². The Bertz CT molecular complexity index is 827. The van der Waals surface area contributed by atoms with Gasteiger partial charge in [-0.15, -0.1) is 0 Å². The lowest BCUT2D eigenvalue weighted by atomic mass is 10.1. The number of unbranched alkanes of at least 4 members (excludes halogenated alkanes) is 1. The molecular weight excluding hydrogens is 460 g/mol. The Morgan fingerprint density at radius 2 is 1.97 bits per heavy atom. The number of carbonyl (C=O) groups excluding carboxylic acids is 2. The molecule has 1 fully saturated rings. The van der Waals surface area contributed by atoms with Crippen LogP contribution in [-0.4, -0.2) is 60.0 Å². The summed E-state index contributed by atoms with van der Waals surface area (Å²) >= 11 is 5.82. The second-order valence-corrected chi connectivity index (χ2v) is 9.66. The Morgan fingerprint density at radius 1 is 1.22 bits per heavy atom. The fraction of sp³-hybridized carbons (Fsp3) is 0.619. The van der Waals surface area contributed by atoms with E-state index in [9.17, 15) is 18.0 Å². The second kappa shape index (κ2) is 13.7. The van der Waals surface area contributed by atoms with Crippen molar-refractivity contribution in [1.29, 1.82) is 0 Å². The van der Waals surface area contributed by atoms with Gasteiger partial charge in [0.1, 0.15) is 0 Å². The molecule has 1 heterocycles. The van der Waals surface area contributed by atoms with Crippen LogP contribution in [0.1, 0.15) is 38.5 Å². The van der Waals surface area contributed by atoms with Crippen LogP contribution < -0.4 is 10.0 Å². The lowest BCUT2D eigenvalue weighted by Gasteiger charge is -2.25. The molecule has 0 spiro atoms. The van der Waals surface area contributed by atoms with Gasteiger partial charge in [-0.05, 0) is 56.4 Å². The molecular formula is C21H31ClN2O7S. The molecule has 2 atom stereocenters. The molecule has 0 radical (unpaired) electrons. The average Bonchev–Trinajstić information content (AvgIpc) is 2.79. The summed E-state index contributed by atoms with van der Waals surface area (Å²) in [5.74, 6) is -1.38. The fourth-order valence-corrected chi connectivity index (χ4v) is 4.26. The summed E-state index contributed by atoms with van der Waals surface area (Å²) in [5, 5.41) is 3.21. The summed E-state index contributed by atoms with van der Waals surface area (Å²) in [6.45, 7) is 0.842. The molecule has 11 heteroatoms. The van der Waals surface area contributed by atoms with E-state index in [1.54, 1.807) is 0 Å². The quantitative estimate of drug-likeness (QED) is 0.321. The number of ether oxygens (including phenoxy) is 3. The van der Waals surface area contributed by atoms with Crippen molar-refractivity contribution >= 4 is 33.5 Å². The van der Waals surface area contributed by atoms with Gasteiger partial charge in [0.25, 0.3) is 0 Å². The molecule has 32 heavy (non-hydrogen) atoms. The molecule has 0 aliphatic carbocycles. The van der Waals surface area contributed by atoms with Gasteiger partial charge in [-0.3, -0.25) is 9.59 Å². The number of amides is 1. The Kier molecular flexibility index (Phi) is 11.4. The van der Waals surface area contributed by atoms with E-state index >= 15 is 0 Å². The second-order valence-electron chi connectivity index (χ2n) is 7.46. The molecule has 1 aliphatic heterocycles. The van der Waals surface area contributed by atoms with Crippen molar-refractivity contribution in [3.63, 3.8) is 0 Å². The predicted molar refractivity (Wildman–Crippen MR) is 119 cm³/mol. The first-order valence-corrected chi connectivity index (χ1v) is 12.5. The summed E-state index contributed by atoms with van der Waals surface area (Å²) in [6.07, 6.45) is 3.73. The zero-order chi connectivity index (χ0) is 23.4. The van der Waals surface area contributed by atoms with Crippen LogP contribution in [0.4, 0.5) is 0 Å². The van der Waals surface area contributed by atoms with Crippen LogP contribution in [0.3, 0.4) is 0 Å². The van der Waals surface area contributed by atoms with Crippen LogP contribution in [0.2, 0.25) is 5.02 Å². The lowest BCUT2D eigenvalue weighted by Crippen LogP contribution is -2.42. The minimum Gasteiger partial charge on any atom is -0.469 e. The van der Waals surface area contributed by atoms with E-state index < -0.39 is 22.2 Å². The van der Waals surface area contributed by atoms with Gasteiger partial charge in [0.15, 0.2) is 6.29 Å². The van der Waals surface area contributed by atoms with Crippen LogP contribution >= 0.6 is 11.6 Å². The molecule has 180 valence electrons. The summed E-state index contributed by atoms with van der Waals surface area (Å²) in [5.41, 5.74) is 0. The molecule has 9 nitrogen and oxygen atoms in total. The third kappa shape index (κ3) is 9.41. The topological polar surface area (TPSA) is 120 Å². The van der Waals surface area contributed by atoms with Gasteiger partial charge in [-0.1, -0.05) is 11.6 Å². The van der Waals surface area contributed by atoms with Crippen molar-refractivity contribution in [2.75, 3.05) is 33.4 Å². The van der Waals surface area contributed by atoms with E-state index in [4.69, 9.17) is 21.1 Å². The highest BCUT2D eigenvalue weighted by Gasteiger charge is 2.25. The molecule has 2 rings (SSSR count). The maximum Gasteiger partial charge on any atom is 0.305 e. The number of hydrogen-bond acceptors (Lipinski definition) is 7. The molecule has 2 N–H and O–H groups in total. The third-order valence-corrected chi connectivity index (χ3v) is 6.66. The lowest BCUT2D eigenvalue weighted by molar-refractivity contribution is -0.171. The monoisotopic (exact) mass is 490 g/mol. The first-order chi connectivity index (χ1) is 15.3. The standard InChI is InChI=1S/C21H31ClN2O7S/c1-29-19(25)6-2-4-12-23-21(26)16(15-31-20-7-3-5-13-30-20)14-24-32(27,28)18-10-8-17(22)9-11-18/h8-11,16,20,24H,2-7,12-15H2,1H3,(H,23,26)/t16-,20?/m0/s1. The smallest absolute Gasteiger partial charge is 0.305 e. The van der Waals surface area contributed by atoms with Crippen LogP contribution in [-0.2, 0) is 33.8 Å². The Hall–Kier alpha value is -1.72. The molecule has 1 saturated heterocycles. The number of sulfonamides is 1. The molecule has 1 amide bonds. The molecule has 1 aromatic carbocycles. The van der Waals surface area contributed by atoms with Crippen molar-refractivity contribution in [1.82, 2.24) is 10.0 Å². The van der Waals surface area contributed by atoms with Crippen LogP contribution in [0.15, 0.2) is 29.2 Å². The molecule has 0 bridgehead atoms. The molecule has 0 saturated carbocycles. The number of hydrogen-bond donors (Lipinski definition) is 2. The Balaban J connectivity index is 1.90. The van der Waals surface area contributed by atoms with Crippen LogP contribution in [0.25, 0.3) is 0 Å². The van der Waals surface area contributed by atoms with Crippen molar-refractivity contribution in [3.8, 4) is 0 Å². The maximum absolute atomic E-state index is 12.7. The average molecular weight is 491 g/mol. The summed E-state index contributed by atoms with van der Waals surface area (Å²) < 4.78 is 43.5. The zero-order valence-electron chi connectivity index (χ0n) is 18.2. The minimum atomic E-state index is -3.82. The van der Waals surface area contributed by atoms with Crippen molar-refractivity contribution < 1.29 is 32.2 Å². The molecule has 1 unspecified atom stereocenters. The van der Waals surface area contributed by atoms with Crippen molar-refractivity contribution in [2.45, 2.75) is 49.7 Å². The largest absolute Gasteiger partial charge is 0.469 e. The highest BCUT2D eigenvalue weighted by atomic mass is 35.5. The Labute approximate surface area is 194 Å². The number of halogens is 1. The van der Waals surface area contributed by atoms with Gasteiger partial charge in [-0.25, -0.2) is 13.1 Å². The van der Waals surface area contributed by atoms with E-state index in [2.05, 4.69) is 14.8 Å². The number of methoxy groups -OCH3 is 1. The van der Waals surface area contributed by atoms with E-state index in [0.29, 0.717) is 31.0 Å². The van der Waals surface area contributed by atoms with Gasteiger partial charge in [0, 0.05) is 31.1 Å². The van der Waals surface area contributed by atoms with Gasteiger partial charge in [-0.2, -0.15) is 0 Å². The highest BCUT2D eigenvalue weighted by Crippen LogP contribution is 2.16. The van der Waals surface area contributed by atoms with Crippen LogP contribution in [0.5, 0.6) is 0 Å². The molecule has 1 aliphatic rings. The fourth-order valence-electron chi connectivity index (χ4n) is 3.05. The number of benzene rings is 1.